The van der Waals surface area contributed by atoms with Gasteiger partial charge in [-0.2, -0.15) is 4.31 Å². The number of anilines is 1. The smallest absolute Gasteiger partial charge is 0.243 e. The maximum Gasteiger partial charge on any atom is 0.243 e. The number of hydrogen-bond donors (Lipinski definition) is 1. The van der Waals surface area contributed by atoms with Gasteiger partial charge in [-0.3, -0.25) is 9.78 Å². The van der Waals surface area contributed by atoms with Gasteiger partial charge in [-0.15, -0.1) is 0 Å². The van der Waals surface area contributed by atoms with Crippen molar-refractivity contribution in [3.8, 4) is 0 Å². The Kier molecular flexibility index (Phi) is 5.45. The third kappa shape index (κ3) is 4.24. The zero-order valence-electron chi connectivity index (χ0n) is 13.8. The third-order valence-corrected chi connectivity index (χ3v) is 6.26. The SMILES string of the molecule is O=C(CC1CCCCN1S(=O)(=O)c1ccccc1)Nc1cccnc1. The summed E-state index contributed by atoms with van der Waals surface area (Å²) in [6, 6.07) is 11.6. The molecular weight excluding hydrogens is 338 g/mol. The molecule has 1 aliphatic heterocycles. The lowest BCUT2D eigenvalue weighted by Crippen LogP contribution is -2.45. The van der Waals surface area contributed by atoms with E-state index in [1.807, 2.05) is 0 Å². The molecule has 132 valence electrons. The fraction of sp³-hybridized carbons (Fsp3) is 0.333. The number of nitrogens with one attached hydrogen (secondary N) is 1. The van der Waals surface area contributed by atoms with Gasteiger partial charge >= 0.3 is 0 Å². The average Bonchev–Trinajstić information content (AvgIpc) is 2.63. The first kappa shape index (κ1) is 17.6. The van der Waals surface area contributed by atoms with E-state index in [-0.39, 0.29) is 23.3 Å². The molecule has 2 heterocycles. The summed E-state index contributed by atoms with van der Waals surface area (Å²) in [7, 11) is -3.59. The van der Waals surface area contributed by atoms with Crippen molar-refractivity contribution in [3.05, 3.63) is 54.9 Å². The van der Waals surface area contributed by atoms with Crippen LogP contribution in [0.1, 0.15) is 25.7 Å². The summed E-state index contributed by atoms with van der Waals surface area (Å²) in [6.45, 7) is 0.446. The van der Waals surface area contributed by atoms with Gasteiger partial charge in [-0.1, -0.05) is 24.6 Å². The zero-order chi connectivity index (χ0) is 17.7. The number of rotatable bonds is 5. The minimum Gasteiger partial charge on any atom is -0.325 e. The number of amides is 1. The van der Waals surface area contributed by atoms with Gasteiger partial charge in [0.1, 0.15) is 0 Å². The Morgan fingerprint density at radius 1 is 1.16 bits per heavy atom. The second kappa shape index (κ2) is 7.76. The predicted molar refractivity (Wildman–Crippen MR) is 95.5 cm³/mol. The van der Waals surface area contributed by atoms with Crippen LogP contribution in [0.25, 0.3) is 0 Å². The van der Waals surface area contributed by atoms with Crippen LogP contribution in [0.2, 0.25) is 0 Å². The molecule has 0 saturated carbocycles. The van der Waals surface area contributed by atoms with E-state index in [0.29, 0.717) is 18.7 Å². The lowest BCUT2D eigenvalue weighted by molar-refractivity contribution is -0.117. The number of pyridine rings is 1. The molecule has 0 bridgehead atoms. The van der Waals surface area contributed by atoms with Crippen molar-refractivity contribution >= 4 is 21.6 Å². The number of piperidine rings is 1. The van der Waals surface area contributed by atoms with E-state index in [0.717, 1.165) is 12.8 Å². The summed E-state index contributed by atoms with van der Waals surface area (Å²) in [4.78, 5) is 16.6. The molecule has 1 unspecified atom stereocenters. The Bertz CT molecular complexity index is 810. The lowest BCUT2D eigenvalue weighted by Gasteiger charge is -2.34. The number of aromatic nitrogens is 1. The summed E-state index contributed by atoms with van der Waals surface area (Å²) in [5.74, 6) is -0.201. The minimum atomic E-state index is -3.59. The van der Waals surface area contributed by atoms with Crippen LogP contribution in [-0.4, -0.2) is 36.2 Å². The zero-order valence-corrected chi connectivity index (χ0v) is 14.7. The van der Waals surface area contributed by atoms with E-state index < -0.39 is 10.0 Å². The first-order chi connectivity index (χ1) is 12.1. The van der Waals surface area contributed by atoms with Crippen molar-refractivity contribution in [1.82, 2.24) is 9.29 Å². The van der Waals surface area contributed by atoms with Crippen LogP contribution in [-0.2, 0) is 14.8 Å². The highest BCUT2D eigenvalue weighted by molar-refractivity contribution is 7.89. The van der Waals surface area contributed by atoms with Crippen LogP contribution in [0.5, 0.6) is 0 Å². The Morgan fingerprint density at radius 2 is 1.96 bits per heavy atom. The lowest BCUT2D eigenvalue weighted by atomic mass is 10.0. The van der Waals surface area contributed by atoms with Gasteiger partial charge in [0.05, 0.1) is 16.8 Å². The maximum atomic E-state index is 12.9. The molecular formula is C18H21N3O3S. The molecule has 1 atom stereocenters. The fourth-order valence-electron chi connectivity index (χ4n) is 3.09. The van der Waals surface area contributed by atoms with Crippen LogP contribution in [0.3, 0.4) is 0 Å². The second-order valence-corrected chi connectivity index (χ2v) is 7.96. The molecule has 25 heavy (non-hydrogen) atoms. The van der Waals surface area contributed by atoms with Gasteiger partial charge in [0, 0.05) is 25.2 Å². The van der Waals surface area contributed by atoms with E-state index in [4.69, 9.17) is 0 Å². The summed E-state index contributed by atoms with van der Waals surface area (Å²) >= 11 is 0. The predicted octanol–water partition coefficient (Wildman–Crippen LogP) is 2.65. The third-order valence-electron chi connectivity index (χ3n) is 4.29. The normalized spacial score (nSPS) is 18.6. The minimum absolute atomic E-state index is 0.140. The van der Waals surface area contributed by atoms with Crippen LogP contribution >= 0.6 is 0 Å². The second-order valence-electron chi connectivity index (χ2n) is 6.07. The van der Waals surface area contributed by atoms with Crippen LogP contribution < -0.4 is 5.32 Å². The van der Waals surface area contributed by atoms with Gasteiger partial charge < -0.3 is 5.32 Å². The van der Waals surface area contributed by atoms with Gasteiger partial charge in [0.2, 0.25) is 15.9 Å². The summed E-state index contributed by atoms with van der Waals surface area (Å²) < 4.78 is 27.3. The van der Waals surface area contributed by atoms with E-state index in [1.165, 1.54) is 4.31 Å². The van der Waals surface area contributed by atoms with Crippen molar-refractivity contribution < 1.29 is 13.2 Å². The summed E-state index contributed by atoms with van der Waals surface area (Å²) in [5.41, 5.74) is 0.612. The van der Waals surface area contributed by atoms with Crippen LogP contribution in [0, 0.1) is 0 Å². The van der Waals surface area contributed by atoms with E-state index in [1.54, 1.807) is 54.9 Å². The Morgan fingerprint density at radius 3 is 2.68 bits per heavy atom. The Balaban J connectivity index is 1.74. The number of carbonyl (C=O) groups excluding carboxylic acids is 1. The van der Waals surface area contributed by atoms with Gasteiger partial charge in [-0.05, 0) is 37.1 Å². The Labute approximate surface area is 147 Å². The molecule has 1 aromatic carbocycles. The van der Waals surface area contributed by atoms with E-state index in [9.17, 15) is 13.2 Å². The molecule has 6 nitrogen and oxygen atoms in total. The molecule has 3 rings (SSSR count). The Hall–Kier alpha value is -2.25. The highest BCUT2D eigenvalue weighted by Gasteiger charge is 2.34. The molecule has 0 spiro atoms. The fourth-order valence-corrected chi connectivity index (χ4v) is 4.80. The van der Waals surface area contributed by atoms with Crippen LogP contribution in [0.4, 0.5) is 5.69 Å². The summed E-state index contributed by atoms with van der Waals surface area (Å²) in [5, 5.41) is 2.78. The molecule has 2 aromatic rings. The van der Waals surface area contributed by atoms with E-state index >= 15 is 0 Å². The molecule has 1 saturated heterocycles. The molecule has 7 heteroatoms. The standard InChI is InChI=1S/C18H21N3O3S/c22-18(20-15-7-6-11-19-14-15)13-16-8-4-5-12-21(16)25(23,24)17-9-2-1-3-10-17/h1-3,6-7,9-11,14,16H,4-5,8,12-13H2,(H,20,22). The van der Waals surface area contributed by atoms with Gasteiger partial charge in [-0.25, -0.2) is 8.42 Å². The van der Waals surface area contributed by atoms with E-state index in [2.05, 4.69) is 10.3 Å². The largest absolute Gasteiger partial charge is 0.325 e. The molecule has 1 N–H and O–H groups in total. The molecule has 0 radical (unpaired) electrons. The number of nitrogens with zero attached hydrogens (tertiary/aromatic N) is 2. The first-order valence-corrected chi connectivity index (χ1v) is 9.78. The van der Waals surface area contributed by atoms with Crippen molar-refractivity contribution in [2.45, 2.75) is 36.6 Å². The highest BCUT2D eigenvalue weighted by Crippen LogP contribution is 2.27. The van der Waals surface area contributed by atoms with Gasteiger partial charge in [0.15, 0.2) is 0 Å². The number of carbonyl (C=O) groups is 1. The average molecular weight is 359 g/mol. The van der Waals surface area contributed by atoms with Crippen LogP contribution in [0.15, 0.2) is 59.8 Å². The van der Waals surface area contributed by atoms with Crippen molar-refractivity contribution in [1.29, 1.82) is 0 Å². The first-order valence-electron chi connectivity index (χ1n) is 8.34. The summed E-state index contributed by atoms with van der Waals surface area (Å²) in [6.07, 6.45) is 5.76. The molecule has 1 aliphatic rings. The van der Waals surface area contributed by atoms with Crippen molar-refractivity contribution in [2.24, 2.45) is 0 Å². The van der Waals surface area contributed by atoms with Crippen molar-refractivity contribution in [2.75, 3.05) is 11.9 Å². The number of benzene rings is 1. The maximum absolute atomic E-state index is 12.9. The van der Waals surface area contributed by atoms with Gasteiger partial charge in [0.25, 0.3) is 0 Å². The quantitative estimate of drug-likeness (QED) is 0.890. The highest BCUT2D eigenvalue weighted by atomic mass is 32.2. The number of sulfonamides is 1. The molecule has 1 amide bonds. The molecule has 0 aliphatic carbocycles. The van der Waals surface area contributed by atoms with Crippen molar-refractivity contribution in [3.63, 3.8) is 0 Å². The monoisotopic (exact) mass is 359 g/mol. The topological polar surface area (TPSA) is 79.4 Å². The molecule has 1 aromatic heterocycles. The molecule has 1 fully saturated rings. The number of hydrogen-bond acceptors (Lipinski definition) is 4.